The molecule has 1 aliphatic rings. The molecule has 1 saturated heterocycles. The predicted octanol–water partition coefficient (Wildman–Crippen LogP) is 1.52. The summed E-state index contributed by atoms with van der Waals surface area (Å²) in [6, 6.07) is 9.00. The summed E-state index contributed by atoms with van der Waals surface area (Å²) in [4.78, 5) is 16.6. The average Bonchev–Trinajstić information content (AvgIpc) is 2.50. The zero-order valence-corrected chi connectivity index (χ0v) is 12.5. The first-order chi connectivity index (χ1) is 10.2. The van der Waals surface area contributed by atoms with Crippen LogP contribution in [0.5, 0.6) is 0 Å². The van der Waals surface area contributed by atoms with E-state index in [9.17, 15) is 4.79 Å². The van der Waals surface area contributed by atoms with Crippen molar-refractivity contribution >= 4 is 11.6 Å². The maximum absolute atomic E-state index is 11.9. The fraction of sp³-hybridized carbons (Fsp3) is 0.500. The molecule has 1 N–H and O–H groups in total. The van der Waals surface area contributed by atoms with Gasteiger partial charge in [0.2, 0.25) is 5.91 Å². The molecule has 1 amide bonds. The van der Waals surface area contributed by atoms with Crippen LogP contribution in [-0.4, -0.2) is 55.5 Å². The molecule has 0 saturated carbocycles. The first-order valence-corrected chi connectivity index (χ1v) is 7.38. The Labute approximate surface area is 126 Å². The van der Waals surface area contributed by atoms with Crippen LogP contribution in [0.15, 0.2) is 24.3 Å². The van der Waals surface area contributed by atoms with Gasteiger partial charge < -0.3 is 15.1 Å². The predicted molar refractivity (Wildman–Crippen MR) is 83.0 cm³/mol. The number of hydrogen-bond donors (Lipinski definition) is 1. The molecule has 0 aromatic heterocycles. The number of amides is 1. The van der Waals surface area contributed by atoms with Crippen molar-refractivity contribution in [1.82, 2.24) is 9.80 Å². The molecule has 5 heteroatoms. The minimum Gasteiger partial charge on any atom is -0.326 e. The molecule has 0 radical (unpaired) electrons. The smallest absolute Gasteiger partial charge is 0.224 e. The normalized spacial score (nSPS) is 16.4. The second-order valence-corrected chi connectivity index (χ2v) is 5.49. The molecular weight excluding hydrogens is 264 g/mol. The Kier molecular flexibility index (Phi) is 5.73. The fourth-order valence-corrected chi connectivity index (χ4v) is 2.39. The highest BCUT2D eigenvalue weighted by molar-refractivity contribution is 5.90. The minimum atomic E-state index is 0.0360. The third kappa shape index (κ3) is 5.18. The van der Waals surface area contributed by atoms with Crippen LogP contribution in [0.4, 0.5) is 5.69 Å². The van der Waals surface area contributed by atoms with Gasteiger partial charge in [-0.05, 0) is 44.3 Å². The topological polar surface area (TPSA) is 59.4 Å². The molecule has 1 aromatic carbocycles. The molecule has 1 aromatic rings. The van der Waals surface area contributed by atoms with Crippen molar-refractivity contribution < 1.29 is 4.79 Å². The lowest BCUT2D eigenvalue weighted by Gasteiger charge is -2.32. The Morgan fingerprint density at radius 1 is 1.24 bits per heavy atom. The van der Waals surface area contributed by atoms with Crippen LogP contribution in [0, 0.1) is 11.3 Å². The summed E-state index contributed by atoms with van der Waals surface area (Å²) < 4.78 is 0. The van der Waals surface area contributed by atoms with E-state index in [1.807, 2.05) is 0 Å². The summed E-state index contributed by atoms with van der Waals surface area (Å²) in [5, 5.41) is 11.6. The highest BCUT2D eigenvalue weighted by atomic mass is 16.1. The molecule has 0 unspecified atom stereocenters. The third-order valence-electron chi connectivity index (χ3n) is 3.77. The van der Waals surface area contributed by atoms with Crippen LogP contribution >= 0.6 is 0 Å². The SMILES string of the molecule is CN1CCN(CCCC(=O)Nc2ccc(C#N)cc2)CC1. The van der Waals surface area contributed by atoms with E-state index in [2.05, 4.69) is 28.2 Å². The number of rotatable bonds is 5. The number of anilines is 1. The zero-order chi connectivity index (χ0) is 15.1. The average molecular weight is 286 g/mol. The number of carbonyl (C=O) groups excluding carboxylic acids is 1. The fourth-order valence-electron chi connectivity index (χ4n) is 2.39. The lowest BCUT2D eigenvalue weighted by Crippen LogP contribution is -2.44. The number of benzene rings is 1. The Balaban J connectivity index is 1.66. The van der Waals surface area contributed by atoms with Crippen molar-refractivity contribution in [1.29, 1.82) is 5.26 Å². The number of likely N-dealkylation sites (N-methyl/N-ethyl adjacent to an activating group) is 1. The van der Waals surface area contributed by atoms with Gasteiger partial charge in [0.15, 0.2) is 0 Å². The monoisotopic (exact) mass is 286 g/mol. The Bertz CT molecular complexity index is 498. The quantitative estimate of drug-likeness (QED) is 0.891. The van der Waals surface area contributed by atoms with Crippen molar-refractivity contribution in [3.63, 3.8) is 0 Å². The van der Waals surface area contributed by atoms with Crippen LogP contribution in [0.3, 0.4) is 0 Å². The van der Waals surface area contributed by atoms with Gasteiger partial charge in [-0.3, -0.25) is 4.79 Å². The maximum Gasteiger partial charge on any atom is 0.224 e. The summed E-state index contributed by atoms with van der Waals surface area (Å²) in [6.07, 6.45) is 1.41. The lowest BCUT2D eigenvalue weighted by atomic mass is 10.2. The number of piperazine rings is 1. The summed E-state index contributed by atoms with van der Waals surface area (Å²) in [7, 11) is 2.14. The second-order valence-electron chi connectivity index (χ2n) is 5.49. The van der Waals surface area contributed by atoms with Gasteiger partial charge in [-0.2, -0.15) is 5.26 Å². The molecule has 0 atom stereocenters. The maximum atomic E-state index is 11.9. The lowest BCUT2D eigenvalue weighted by molar-refractivity contribution is -0.116. The van der Waals surface area contributed by atoms with E-state index in [-0.39, 0.29) is 5.91 Å². The second kappa shape index (κ2) is 7.77. The first kappa shape index (κ1) is 15.5. The van der Waals surface area contributed by atoms with E-state index in [4.69, 9.17) is 5.26 Å². The van der Waals surface area contributed by atoms with E-state index < -0.39 is 0 Å². The van der Waals surface area contributed by atoms with Gasteiger partial charge in [0, 0.05) is 38.3 Å². The number of nitrogens with one attached hydrogen (secondary N) is 1. The van der Waals surface area contributed by atoms with Gasteiger partial charge in [0.05, 0.1) is 11.6 Å². The summed E-state index contributed by atoms with van der Waals surface area (Å²) in [6.45, 7) is 5.38. The minimum absolute atomic E-state index is 0.0360. The molecule has 1 aliphatic heterocycles. The van der Waals surface area contributed by atoms with Crippen molar-refractivity contribution in [2.45, 2.75) is 12.8 Å². The molecule has 112 valence electrons. The van der Waals surface area contributed by atoms with Gasteiger partial charge in [-0.25, -0.2) is 0 Å². The molecule has 0 spiro atoms. The van der Waals surface area contributed by atoms with Gasteiger partial charge in [0.25, 0.3) is 0 Å². The zero-order valence-electron chi connectivity index (χ0n) is 12.5. The van der Waals surface area contributed by atoms with Gasteiger partial charge in [0.1, 0.15) is 0 Å². The van der Waals surface area contributed by atoms with Crippen LogP contribution < -0.4 is 5.32 Å². The summed E-state index contributed by atoms with van der Waals surface area (Å²) >= 11 is 0. The first-order valence-electron chi connectivity index (χ1n) is 7.38. The Morgan fingerprint density at radius 3 is 2.52 bits per heavy atom. The highest BCUT2D eigenvalue weighted by Crippen LogP contribution is 2.10. The molecule has 1 fully saturated rings. The molecule has 2 rings (SSSR count). The van der Waals surface area contributed by atoms with E-state index in [0.717, 1.165) is 44.8 Å². The van der Waals surface area contributed by atoms with Gasteiger partial charge in [-0.15, -0.1) is 0 Å². The molecule has 5 nitrogen and oxygen atoms in total. The third-order valence-corrected chi connectivity index (χ3v) is 3.77. The largest absolute Gasteiger partial charge is 0.326 e. The van der Waals surface area contributed by atoms with Crippen LogP contribution in [0.2, 0.25) is 0 Å². The van der Waals surface area contributed by atoms with Gasteiger partial charge >= 0.3 is 0 Å². The highest BCUT2D eigenvalue weighted by Gasteiger charge is 2.13. The van der Waals surface area contributed by atoms with Crippen molar-refractivity contribution in [2.75, 3.05) is 45.1 Å². The van der Waals surface area contributed by atoms with E-state index in [1.54, 1.807) is 24.3 Å². The summed E-state index contributed by atoms with van der Waals surface area (Å²) in [5.74, 6) is 0.0360. The van der Waals surface area contributed by atoms with Crippen LogP contribution in [-0.2, 0) is 4.79 Å². The van der Waals surface area contributed by atoms with Crippen molar-refractivity contribution in [3.8, 4) is 6.07 Å². The number of nitriles is 1. The van der Waals surface area contributed by atoms with Crippen molar-refractivity contribution in [3.05, 3.63) is 29.8 Å². The molecule has 1 heterocycles. The molecule has 0 aliphatic carbocycles. The molecular formula is C16H22N4O. The van der Waals surface area contributed by atoms with Gasteiger partial charge in [-0.1, -0.05) is 0 Å². The van der Waals surface area contributed by atoms with E-state index >= 15 is 0 Å². The Hall–Kier alpha value is -1.90. The number of nitrogens with zero attached hydrogens (tertiary/aromatic N) is 3. The molecule has 0 bridgehead atoms. The van der Waals surface area contributed by atoms with E-state index in [0.29, 0.717) is 12.0 Å². The van der Waals surface area contributed by atoms with Crippen molar-refractivity contribution in [2.24, 2.45) is 0 Å². The molecule has 21 heavy (non-hydrogen) atoms. The number of hydrogen-bond acceptors (Lipinski definition) is 4. The van der Waals surface area contributed by atoms with Crippen LogP contribution in [0.1, 0.15) is 18.4 Å². The van der Waals surface area contributed by atoms with Crippen LogP contribution in [0.25, 0.3) is 0 Å². The summed E-state index contributed by atoms with van der Waals surface area (Å²) in [5.41, 5.74) is 1.35. The number of carbonyl (C=O) groups is 1. The van der Waals surface area contributed by atoms with E-state index in [1.165, 1.54) is 0 Å². The standard InChI is InChI=1S/C16H22N4O/c1-19-9-11-20(12-10-19)8-2-3-16(21)18-15-6-4-14(13-17)5-7-15/h4-7H,2-3,8-12H2,1H3,(H,18,21). The Morgan fingerprint density at radius 2 is 1.90 bits per heavy atom.